The zero-order valence-electron chi connectivity index (χ0n) is 14.4. The second kappa shape index (κ2) is 5.84. The maximum atomic E-state index is 12.8. The summed E-state index contributed by atoms with van der Waals surface area (Å²) >= 11 is 0. The van der Waals surface area contributed by atoms with Crippen molar-refractivity contribution in [2.75, 3.05) is 0 Å². The van der Waals surface area contributed by atoms with Gasteiger partial charge in [0.1, 0.15) is 16.6 Å². The Morgan fingerprint density at radius 2 is 1.52 bits per heavy atom. The van der Waals surface area contributed by atoms with Crippen LogP contribution in [0.2, 0.25) is 0 Å². The molecule has 0 spiro atoms. The highest BCUT2D eigenvalue weighted by Gasteiger charge is 2.18. The van der Waals surface area contributed by atoms with E-state index in [1.165, 1.54) is 4.68 Å². The van der Waals surface area contributed by atoms with E-state index in [0.29, 0.717) is 16.6 Å². The summed E-state index contributed by atoms with van der Waals surface area (Å²) in [6, 6.07) is 20.5. The number of aryl methyl sites for hydroxylation is 1. The van der Waals surface area contributed by atoms with Gasteiger partial charge in [0, 0.05) is 5.56 Å². The van der Waals surface area contributed by atoms with Crippen LogP contribution in [0.1, 0.15) is 15.9 Å². The van der Waals surface area contributed by atoms with Crippen LogP contribution in [-0.4, -0.2) is 35.9 Å². The van der Waals surface area contributed by atoms with E-state index in [2.05, 4.69) is 20.6 Å². The number of hydrogen-bond acceptors (Lipinski definition) is 5. The molecule has 0 bridgehead atoms. The Morgan fingerprint density at radius 1 is 0.778 bits per heavy atom. The lowest BCUT2D eigenvalue weighted by molar-refractivity contribution is 0.0948. The van der Waals surface area contributed by atoms with Crippen molar-refractivity contribution in [3.63, 3.8) is 0 Å². The van der Waals surface area contributed by atoms with E-state index in [1.54, 1.807) is 16.8 Å². The van der Waals surface area contributed by atoms with Gasteiger partial charge in [-0.05, 0) is 42.8 Å². The van der Waals surface area contributed by atoms with Gasteiger partial charge in [-0.1, -0.05) is 46.8 Å². The van der Waals surface area contributed by atoms with Crippen molar-refractivity contribution in [2.24, 2.45) is 0 Å². The number of carbonyl (C=O) groups excluding carboxylic acids is 1. The number of benzene rings is 3. The molecule has 27 heavy (non-hydrogen) atoms. The zero-order valence-corrected chi connectivity index (χ0v) is 14.4. The maximum absolute atomic E-state index is 12.8. The molecular weight excluding hydrogens is 340 g/mol. The predicted molar refractivity (Wildman–Crippen MR) is 101 cm³/mol. The molecule has 0 saturated heterocycles. The first-order valence-corrected chi connectivity index (χ1v) is 8.49. The number of hydrogen-bond donors (Lipinski definition) is 0. The van der Waals surface area contributed by atoms with Gasteiger partial charge in [0.2, 0.25) is 0 Å². The van der Waals surface area contributed by atoms with Crippen LogP contribution in [0, 0.1) is 6.92 Å². The molecule has 0 saturated carbocycles. The maximum Gasteiger partial charge on any atom is 0.280 e. The zero-order chi connectivity index (χ0) is 18.4. The summed E-state index contributed by atoms with van der Waals surface area (Å²) in [6.45, 7) is 2.00. The molecule has 0 aliphatic carbocycles. The topological polar surface area (TPSA) is 78.5 Å². The molecule has 5 aromatic rings. The third-order valence-corrected chi connectivity index (χ3v) is 4.58. The molecule has 130 valence electrons. The van der Waals surface area contributed by atoms with Gasteiger partial charge in [0.05, 0.1) is 11.2 Å². The molecule has 0 radical (unpaired) electrons. The summed E-state index contributed by atoms with van der Waals surface area (Å²) in [6.07, 6.45) is 0. The SMILES string of the molecule is Cc1cccc2c1nnn2-c1cccc2c1nnn2C(=O)c1ccccc1. The first kappa shape index (κ1) is 15.4. The molecule has 0 aliphatic rings. The highest BCUT2D eigenvalue weighted by atomic mass is 16.2. The second-order valence-electron chi connectivity index (χ2n) is 6.26. The van der Waals surface area contributed by atoms with Crippen molar-refractivity contribution in [3.8, 4) is 5.69 Å². The molecule has 0 N–H and O–H groups in total. The molecule has 2 aromatic heterocycles. The van der Waals surface area contributed by atoms with Crippen molar-refractivity contribution in [1.82, 2.24) is 30.0 Å². The minimum absolute atomic E-state index is 0.227. The number of carbonyl (C=O) groups is 1. The van der Waals surface area contributed by atoms with Crippen molar-refractivity contribution >= 4 is 28.0 Å². The third kappa shape index (κ3) is 2.32. The van der Waals surface area contributed by atoms with Gasteiger partial charge in [-0.2, -0.15) is 4.68 Å². The Labute approximate surface area is 153 Å². The van der Waals surface area contributed by atoms with E-state index in [4.69, 9.17) is 0 Å². The van der Waals surface area contributed by atoms with Gasteiger partial charge in [-0.15, -0.1) is 10.2 Å². The molecule has 0 unspecified atom stereocenters. The van der Waals surface area contributed by atoms with E-state index in [-0.39, 0.29) is 5.91 Å². The van der Waals surface area contributed by atoms with Crippen molar-refractivity contribution in [3.05, 3.63) is 77.9 Å². The molecule has 0 fully saturated rings. The van der Waals surface area contributed by atoms with Crippen LogP contribution in [0.15, 0.2) is 66.7 Å². The van der Waals surface area contributed by atoms with Gasteiger partial charge in [0.25, 0.3) is 5.91 Å². The average Bonchev–Trinajstić information content (AvgIpc) is 3.33. The Kier molecular flexibility index (Phi) is 3.33. The van der Waals surface area contributed by atoms with Crippen LogP contribution >= 0.6 is 0 Å². The van der Waals surface area contributed by atoms with Crippen LogP contribution in [0.25, 0.3) is 27.8 Å². The van der Waals surface area contributed by atoms with Crippen molar-refractivity contribution < 1.29 is 4.79 Å². The summed E-state index contributed by atoms with van der Waals surface area (Å²) in [5, 5.41) is 16.9. The Morgan fingerprint density at radius 3 is 2.37 bits per heavy atom. The predicted octanol–water partition coefficient (Wildman–Crippen LogP) is 3.16. The molecule has 5 rings (SSSR count). The first-order valence-electron chi connectivity index (χ1n) is 8.49. The molecule has 0 atom stereocenters. The number of aromatic nitrogens is 6. The Hall–Kier alpha value is -3.87. The summed E-state index contributed by atoms with van der Waals surface area (Å²) in [4.78, 5) is 12.8. The van der Waals surface area contributed by atoms with E-state index in [0.717, 1.165) is 22.3 Å². The lowest BCUT2D eigenvalue weighted by Gasteiger charge is -2.04. The highest BCUT2D eigenvalue weighted by molar-refractivity contribution is 6.01. The fourth-order valence-electron chi connectivity index (χ4n) is 3.21. The standard InChI is InChI=1S/C20H14N6O/c1-13-7-5-10-15-18(13)21-23-25(15)16-11-6-12-17-19(16)22-24-26(17)20(27)14-8-3-2-4-9-14/h2-12H,1H3. The normalized spacial score (nSPS) is 11.3. The quantitative estimate of drug-likeness (QED) is 0.486. The molecule has 7 nitrogen and oxygen atoms in total. The van der Waals surface area contributed by atoms with Crippen LogP contribution in [-0.2, 0) is 0 Å². The molecule has 0 aliphatic heterocycles. The van der Waals surface area contributed by atoms with Gasteiger partial charge >= 0.3 is 0 Å². The van der Waals surface area contributed by atoms with Gasteiger partial charge in [-0.25, -0.2) is 4.68 Å². The average molecular weight is 354 g/mol. The fraction of sp³-hybridized carbons (Fsp3) is 0.0500. The third-order valence-electron chi connectivity index (χ3n) is 4.58. The summed E-state index contributed by atoms with van der Waals surface area (Å²) in [5.41, 5.74) is 5.26. The van der Waals surface area contributed by atoms with E-state index >= 15 is 0 Å². The fourth-order valence-corrected chi connectivity index (χ4v) is 3.21. The summed E-state index contributed by atoms with van der Waals surface area (Å²) in [5.74, 6) is -0.227. The Balaban J connectivity index is 1.70. The lowest BCUT2D eigenvalue weighted by Crippen LogP contribution is -2.13. The first-order chi connectivity index (χ1) is 13.2. The molecular formula is C20H14N6O. The monoisotopic (exact) mass is 354 g/mol. The minimum atomic E-state index is -0.227. The van der Waals surface area contributed by atoms with Crippen molar-refractivity contribution in [1.29, 1.82) is 0 Å². The molecule has 7 heteroatoms. The highest BCUT2D eigenvalue weighted by Crippen LogP contribution is 2.24. The minimum Gasteiger partial charge on any atom is -0.267 e. The molecule has 2 heterocycles. The number of fused-ring (bicyclic) bond motifs is 2. The van der Waals surface area contributed by atoms with Gasteiger partial charge in [0.15, 0.2) is 0 Å². The summed E-state index contributed by atoms with van der Waals surface area (Å²) < 4.78 is 3.05. The van der Waals surface area contributed by atoms with Gasteiger partial charge in [-0.3, -0.25) is 4.79 Å². The van der Waals surface area contributed by atoms with Crippen LogP contribution < -0.4 is 0 Å². The van der Waals surface area contributed by atoms with E-state index in [1.807, 2.05) is 61.5 Å². The smallest absolute Gasteiger partial charge is 0.267 e. The van der Waals surface area contributed by atoms with Crippen LogP contribution in [0.3, 0.4) is 0 Å². The number of rotatable bonds is 2. The van der Waals surface area contributed by atoms with Crippen LogP contribution in [0.4, 0.5) is 0 Å². The Bertz CT molecular complexity index is 1300. The lowest BCUT2D eigenvalue weighted by atomic mass is 10.2. The number of nitrogens with zero attached hydrogens (tertiary/aromatic N) is 6. The molecule has 3 aromatic carbocycles. The second-order valence-corrected chi connectivity index (χ2v) is 6.26. The van der Waals surface area contributed by atoms with Crippen molar-refractivity contribution in [2.45, 2.75) is 6.92 Å². The van der Waals surface area contributed by atoms with E-state index < -0.39 is 0 Å². The largest absolute Gasteiger partial charge is 0.280 e. The van der Waals surface area contributed by atoms with Crippen LogP contribution in [0.5, 0.6) is 0 Å². The van der Waals surface area contributed by atoms with Gasteiger partial charge < -0.3 is 0 Å². The summed E-state index contributed by atoms with van der Waals surface area (Å²) in [7, 11) is 0. The molecule has 0 amide bonds. The van der Waals surface area contributed by atoms with E-state index in [9.17, 15) is 4.79 Å².